The number of pyridine rings is 1. The Morgan fingerprint density at radius 2 is 1.00 bits per heavy atom. The molecular weight excluding hydrogens is 601 g/mol. The van der Waals surface area contributed by atoms with Crippen molar-refractivity contribution in [2.45, 2.75) is 0 Å². The van der Waals surface area contributed by atoms with Crippen LogP contribution in [-0.4, -0.2) is 19.9 Å². The van der Waals surface area contributed by atoms with Crippen LogP contribution in [0.3, 0.4) is 0 Å². The highest BCUT2D eigenvalue weighted by Crippen LogP contribution is 2.38. The first kappa shape index (κ1) is 27.4. The van der Waals surface area contributed by atoms with Crippen LogP contribution in [0.15, 0.2) is 162 Å². The smallest absolute Gasteiger partial charge is 0.228 e. The average Bonchev–Trinajstić information content (AvgIpc) is 3.54. The Hall–Kier alpha value is -6.72. The fourth-order valence-corrected chi connectivity index (χ4v) is 6.93. The van der Waals surface area contributed by atoms with Crippen molar-refractivity contribution in [2.24, 2.45) is 0 Å². The lowest BCUT2D eigenvalue weighted by atomic mass is 9.97. The molecule has 0 bridgehead atoms. The van der Waals surface area contributed by atoms with Crippen molar-refractivity contribution in [1.82, 2.24) is 19.9 Å². The number of fused-ring (bicyclic) bond motifs is 6. The lowest BCUT2D eigenvalue weighted by Crippen LogP contribution is -2.00. The average molecular weight is 627 g/mol. The molecule has 0 radical (unpaired) electrons. The predicted molar refractivity (Wildman–Crippen MR) is 199 cm³/mol. The fourth-order valence-electron chi connectivity index (χ4n) is 6.93. The molecule has 0 atom stereocenters. The minimum Gasteiger partial charge on any atom is -0.438 e. The summed E-state index contributed by atoms with van der Waals surface area (Å²) in [5.41, 5.74) is 6.33. The van der Waals surface area contributed by atoms with E-state index in [1.807, 2.05) is 12.1 Å². The van der Waals surface area contributed by atoms with Gasteiger partial charge in [0.1, 0.15) is 5.58 Å². The molecule has 0 saturated heterocycles. The predicted octanol–water partition coefficient (Wildman–Crippen LogP) is 11.3. The molecule has 228 valence electrons. The van der Waals surface area contributed by atoms with Gasteiger partial charge in [0.2, 0.25) is 5.71 Å². The summed E-state index contributed by atoms with van der Waals surface area (Å²) in [5, 5.41) is 8.84. The molecular formula is C44H26N4O. The molecule has 0 fully saturated rings. The first-order chi connectivity index (χ1) is 24.2. The van der Waals surface area contributed by atoms with Crippen LogP contribution in [0.25, 0.3) is 99.7 Å². The largest absolute Gasteiger partial charge is 0.438 e. The van der Waals surface area contributed by atoms with Crippen LogP contribution in [0.2, 0.25) is 0 Å². The van der Waals surface area contributed by atoms with Gasteiger partial charge >= 0.3 is 0 Å². The van der Waals surface area contributed by atoms with Gasteiger partial charge in [-0.05, 0) is 67.7 Å². The third kappa shape index (κ3) is 4.63. The zero-order valence-corrected chi connectivity index (χ0v) is 26.2. The molecule has 5 heteroatoms. The van der Waals surface area contributed by atoms with Gasteiger partial charge in [-0.15, -0.1) is 0 Å². The Labute approximate surface area is 281 Å². The minimum absolute atomic E-state index is 0.552. The Morgan fingerprint density at radius 1 is 0.388 bits per heavy atom. The number of hydrogen-bond acceptors (Lipinski definition) is 5. The Morgan fingerprint density at radius 3 is 1.82 bits per heavy atom. The summed E-state index contributed by atoms with van der Waals surface area (Å²) in [6.45, 7) is 0. The van der Waals surface area contributed by atoms with Crippen molar-refractivity contribution in [3.05, 3.63) is 158 Å². The maximum Gasteiger partial charge on any atom is 0.228 e. The van der Waals surface area contributed by atoms with Crippen LogP contribution in [0, 0.1) is 0 Å². The number of hydrogen-bond donors (Lipinski definition) is 0. The third-order valence-electron chi connectivity index (χ3n) is 9.37. The number of furan rings is 1. The monoisotopic (exact) mass is 626 g/mol. The fraction of sp³-hybridized carbons (Fsp3) is 0. The van der Waals surface area contributed by atoms with Gasteiger partial charge in [0.15, 0.2) is 17.5 Å². The highest BCUT2D eigenvalue weighted by molar-refractivity contribution is 6.14. The van der Waals surface area contributed by atoms with Gasteiger partial charge in [0.25, 0.3) is 0 Å². The Kier molecular flexibility index (Phi) is 6.11. The Balaban J connectivity index is 1.17. The molecule has 7 aromatic carbocycles. The summed E-state index contributed by atoms with van der Waals surface area (Å²) in [5.74, 6) is 1.77. The summed E-state index contributed by atoms with van der Waals surface area (Å²) in [4.78, 5) is 19.9. The third-order valence-corrected chi connectivity index (χ3v) is 9.37. The lowest BCUT2D eigenvalue weighted by molar-refractivity contribution is 0.654. The van der Waals surface area contributed by atoms with Crippen molar-refractivity contribution < 1.29 is 4.42 Å². The first-order valence-electron chi connectivity index (χ1n) is 16.3. The van der Waals surface area contributed by atoms with E-state index in [1.165, 1.54) is 16.3 Å². The number of nitrogens with zero attached hydrogens (tertiary/aromatic N) is 4. The lowest BCUT2D eigenvalue weighted by Gasteiger charge is -2.11. The maximum atomic E-state index is 6.30. The summed E-state index contributed by atoms with van der Waals surface area (Å²) in [7, 11) is 0. The van der Waals surface area contributed by atoms with E-state index in [0.717, 1.165) is 60.2 Å². The molecule has 0 aliphatic carbocycles. The van der Waals surface area contributed by atoms with Crippen LogP contribution in [0.1, 0.15) is 0 Å². The SMILES string of the molecule is c1ccc2cc(-c3nc(-c4ccc(-c5cccc6ccccc56)cc4)nc(-c4ccnc5oc6cc7ccccc7cc6c45)n3)ccc2c1. The first-order valence-corrected chi connectivity index (χ1v) is 16.3. The molecule has 3 aromatic heterocycles. The molecule has 0 N–H and O–H groups in total. The molecule has 0 amide bonds. The molecule has 10 rings (SSSR count). The summed E-state index contributed by atoms with van der Waals surface area (Å²) >= 11 is 0. The second-order valence-electron chi connectivity index (χ2n) is 12.3. The zero-order chi connectivity index (χ0) is 32.3. The molecule has 0 spiro atoms. The quantitative estimate of drug-likeness (QED) is 0.194. The molecule has 0 saturated carbocycles. The van der Waals surface area contributed by atoms with Gasteiger partial charge in [-0.3, -0.25) is 0 Å². The van der Waals surface area contributed by atoms with E-state index in [1.54, 1.807) is 6.20 Å². The summed E-state index contributed by atoms with van der Waals surface area (Å²) in [6, 6.07) is 52.6. The number of rotatable bonds is 4. The van der Waals surface area contributed by atoms with E-state index >= 15 is 0 Å². The molecule has 0 aliphatic heterocycles. The molecule has 5 nitrogen and oxygen atoms in total. The van der Waals surface area contributed by atoms with E-state index in [0.29, 0.717) is 23.2 Å². The van der Waals surface area contributed by atoms with E-state index in [4.69, 9.17) is 19.4 Å². The van der Waals surface area contributed by atoms with Crippen LogP contribution in [0.4, 0.5) is 0 Å². The van der Waals surface area contributed by atoms with Crippen LogP contribution < -0.4 is 0 Å². The van der Waals surface area contributed by atoms with Gasteiger partial charge in [0, 0.05) is 28.3 Å². The van der Waals surface area contributed by atoms with E-state index in [-0.39, 0.29) is 0 Å². The molecule has 0 aliphatic rings. The highest BCUT2D eigenvalue weighted by Gasteiger charge is 2.19. The van der Waals surface area contributed by atoms with E-state index in [2.05, 4.69) is 145 Å². The van der Waals surface area contributed by atoms with Gasteiger partial charge in [-0.2, -0.15) is 0 Å². The van der Waals surface area contributed by atoms with E-state index < -0.39 is 0 Å². The maximum absolute atomic E-state index is 6.30. The second-order valence-corrected chi connectivity index (χ2v) is 12.3. The standard InChI is InChI=1S/C44H26N4O/c1-2-10-31-24-34(21-16-27(31)8-1)42-46-41(30-19-17-29(18-20-30)36-15-7-13-28-9-5-6-14-35(28)36)47-43(48-42)37-22-23-45-44-40(37)38-25-32-11-3-4-12-33(32)26-39(38)49-44/h1-26H. The molecule has 49 heavy (non-hydrogen) atoms. The van der Waals surface area contributed by atoms with Gasteiger partial charge in [-0.25, -0.2) is 19.9 Å². The van der Waals surface area contributed by atoms with Crippen molar-refractivity contribution >= 4 is 54.4 Å². The van der Waals surface area contributed by atoms with Crippen LogP contribution >= 0.6 is 0 Å². The number of aromatic nitrogens is 4. The van der Waals surface area contributed by atoms with Crippen molar-refractivity contribution in [3.63, 3.8) is 0 Å². The zero-order valence-electron chi connectivity index (χ0n) is 26.2. The van der Waals surface area contributed by atoms with Gasteiger partial charge in [0.05, 0.1) is 5.39 Å². The minimum atomic E-state index is 0.552. The summed E-state index contributed by atoms with van der Waals surface area (Å²) in [6.07, 6.45) is 1.76. The number of benzene rings is 7. The van der Waals surface area contributed by atoms with E-state index in [9.17, 15) is 0 Å². The van der Waals surface area contributed by atoms with Crippen molar-refractivity contribution in [1.29, 1.82) is 0 Å². The second kappa shape index (κ2) is 10.9. The normalized spacial score (nSPS) is 11.7. The van der Waals surface area contributed by atoms with Crippen molar-refractivity contribution in [2.75, 3.05) is 0 Å². The topological polar surface area (TPSA) is 64.7 Å². The van der Waals surface area contributed by atoms with Gasteiger partial charge in [-0.1, -0.05) is 127 Å². The molecule has 3 heterocycles. The molecule has 10 aromatic rings. The molecule has 0 unspecified atom stereocenters. The van der Waals surface area contributed by atoms with Crippen molar-refractivity contribution in [3.8, 4) is 45.3 Å². The van der Waals surface area contributed by atoms with Gasteiger partial charge < -0.3 is 4.42 Å². The van der Waals surface area contributed by atoms with Crippen LogP contribution in [-0.2, 0) is 0 Å². The summed E-state index contributed by atoms with van der Waals surface area (Å²) < 4.78 is 6.30. The van der Waals surface area contributed by atoms with Crippen LogP contribution in [0.5, 0.6) is 0 Å². The Bertz CT molecular complexity index is 2890. The highest BCUT2D eigenvalue weighted by atomic mass is 16.3.